The lowest BCUT2D eigenvalue weighted by Crippen LogP contribution is -2.17. The Bertz CT molecular complexity index is 651. The first-order valence-corrected chi connectivity index (χ1v) is 7.66. The molecule has 114 valence electrons. The van der Waals surface area contributed by atoms with Crippen LogP contribution in [-0.4, -0.2) is 24.7 Å². The first-order chi connectivity index (χ1) is 10.2. The summed E-state index contributed by atoms with van der Waals surface area (Å²) in [5.41, 5.74) is 3.32. The van der Waals surface area contributed by atoms with Crippen molar-refractivity contribution in [2.45, 2.75) is 49.8 Å². The van der Waals surface area contributed by atoms with Crippen LogP contribution in [0.3, 0.4) is 0 Å². The van der Waals surface area contributed by atoms with Gasteiger partial charge in [0, 0.05) is 12.1 Å². The van der Waals surface area contributed by atoms with Gasteiger partial charge in [-0.3, -0.25) is 4.57 Å². The number of nitrogens with one attached hydrogen (secondary N) is 2. The predicted octanol–water partition coefficient (Wildman–Crippen LogP) is 1.16. The van der Waals surface area contributed by atoms with Crippen molar-refractivity contribution >= 4 is 17.6 Å². The zero-order chi connectivity index (χ0) is 15.2. The summed E-state index contributed by atoms with van der Waals surface area (Å²) < 4.78 is 1.61. The van der Waals surface area contributed by atoms with Crippen LogP contribution in [0.5, 0.6) is 0 Å². The molecule has 0 atom stereocenters. The minimum atomic E-state index is -0.206. The highest BCUT2D eigenvalue weighted by Crippen LogP contribution is 2.30. The molecule has 9 heteroatoms. The van der Waals surface area contributed by atoms with Crippen LogP contribution in [0.2, 0.25) is 0 Å². The highest BCUT2D eigenvalue weighted by atomic mass is 32.2. The summed E-state index contributed by atoms with van der Waals surface area (Å²) >= 11 is 1.35. The maximum atomic E-state index is 11.7. The first kappa shape index (κ1) is 15.5. The average molecular weight is 309 g/mol. The van der Waals surface area contributed by atoms with Crippen molar-refractivity contribution in [2.24, 2.45) is 5.84 Å². The van der Waals surface area contributed by atoms with Gasteiger partial charge in [-0.05, 0) is 24.6 Å². The van der Waals surface area contributed by atoms with E-state index in [0.29, 0.717) is 17.5 Å². The van der Waals surface area contributed by atoms with E-state index in [0.717, 1.165) is 29.9 Å². The minimum Gasteiger partial charge on any atom is -0.308 e. The molecule has 8 nitrogen and oxygen atoms in total. The van der Waals surface area contributed by atoms with Crippen molar-refractivity contribution in [3.05, 3.63) is 22.4 Å². The molecule has 0 fully saturated rings. The molecule has 0 aliphatic heterocycles. The monoisotopic (exact) mass is 309 g/mol. The summed E-state index contributed by atoms with van der Waals surface area (Å²) in [6, 6.07) is 0. The van der Waals surface area contributed by atoms with Crippen molar-refractivity contribution in [3.63, 3.8) is 0 Å². The fourth-order valence-corrected chi connectivity index (χ4v) is 2.94. The average Bonchev–Trinajstić information content (AvgIpc) is 2.82. The second-order valence-corrected chi connectivity index (χ2v) is 5.42. The Morgan fingerprint density at radius 2 is 2.19 bits per heavy atom. The van der Waals surface area contributed by atoms with E-state index in [9.17, 15) is 4.79 Å². The second kappa shape index (κ2) is 7.23. The molecule has 0 spiro atoms. The summed E-state index contributed by atoms with van der Waals surface area (Å²) in [7, 11) is 0. The number of H-pyrrole nitrogens is 1. The molecular formula is C12H19N7OS. The van der Waals surface area contributed by atoms with Gasteiger partial charge in [0.15, 0.2) is 5.16 Å². The molecule has 2 aromatic heterocycles. The van der Waals surface area contributed by atoms with Gasteiger partial charge in [-0.2, -0.15) is 0 Å². The molecule has 21 heavy (non-hydrogen) atoms. The van der Waals surface area contributed by atoms with Crippen molar-refractivity contribution in [2.75, 3.05) is 5.43 Å². The number of aromatic amines is 1. The van der Waals surface area contributed by atoms with Crippen molar-refractivity contribution in [1.82, 2.24) is 24.7 Å². The molecule has 2 heterocycles. The minimum absolute atomic E-state index is 0.206. The quantitative estimate of drug-likeness (QED) is 0.399. The van der Waals surface area contributed by atoms with E-state index in [1.54, 1.807) is 4.57 Å². The molecule has 0 bridgehead atoms. The van der Waals surface area contributed by atoms with Crippen LogP contribution in [-0.2, 0) is 13.0 Å². The van der Waals surface area contributed by atoms with E-state index in [-0.39, 0.29) is 5.69 Å². The summed E-state index contributed by atoms with van der Waals surface area (Å²) in [5.74, 6) is 6.10. The molecule has 2 aromatic rings. The third-order valence-corrected chi connectivity index (χ3v) is 3.94. The number of hydrazine groups is 1. The summed E-state index contributed by atoms with van der Waals surface area (Å²) in [6.07, 6.45) is 4.04. The number of nitrogen functional groups attached to an aromatic ring is 1. The second-order valence-electron chi connectivity index (χ2n) is 4.47. The Labute approximate surface area is 126 Å². The van der Waals surface area contributed by atoms with Crippen molar-refractivity contribution in [1.29, 1.82) is 0 Å². The Hall–Kier alpha value is -1.87. The van der Waals surface area contributed by atoms with Crippen LogP contribution in [0.4, 0.5) is 5.82 Å². The van der Waals surface area contributed by atoms with E-state index >= 15 is 0 Å². The highest BCUT2D eigenvalue weighted by molar-refractivity contribution is 7.99. The van der Waals surface area contributed by atoms with Gasteiger partial charge in [-0.25, -0.2) is 25.7 Å². The van der Waals surface area contributed by atoms with Crippen LogP contribution < -0.4 is 17.0 Å². The number of nitrogens with zero attached hydrogens (tertiary/aromatic N) is 4. The zero-order valence-electron chi connectivity index (χ0n) is 12.1. The molecule has 0 aromatic carbocycles. The standard InChI is InChI=1S/C12H19N7OS/c1-3-5-8-9(16-13)14-7-15-10(8)21-12-18-17-11(20)19(12)6-4-2/h7H,3-6,13H2,1-2H3,(H,17,20)(H,14,15,16). The number of rotatable bonds is 7. The van der Waals surface area contributed by atoms with Crippen LogP contribution in [0.25, 0.3) is 0 Å². The van der Waals surface area contributed by atoms with Gasteiger partial charge in [0.2, 0.25) is 0 Å². The van der Waals surface area contributed by atoms with E-state index in [4.69, 9.17) is 5.84 Å². The lowest BCUT2D eigenvalue weighted by atomic mass is 10.2. The van der Waals surface area contributed by atoms with Crippen molar-refractivity contribution in [3.8, 4) is 0 Å². The predicted molar refractivity (Wildman–Crippen MR) is 81.1 cm³/mol. The van der Waals surface area contributed by atoms with Crippen molar-refractivity contribution < 1.29 is 0 Å². The number of nitrogens with two attached hydrogens (primary N) is 1. The van der Waals surface area contributed by atoms with Gasteiger partial charge in [0.05, 0.1) is 0 Å². The SMILES string of the molecule is CCCc1c(NN)ncnc1Sc1n[nH]c(=O)n1CCC. The molecule has 0 radical (unpaired) electrons. The summed E-state index contributed by atoms with van der Waals surface area (Å²) in [6.45, 7) is 4.70. The molecule has 2 rings (SSSR count). The number of hydrogen-bond acceptors (Lipinski definition) is 7. The lowest BCUT2D eigenvalue weighted by molar-refractivity contribution is 0.603. The largest absolute Gasteiger partial charge is 0.343 e. The van der Waals surface area contributed by atoms with Gasteiger partial charge in [0.25, 0.3) is 0 Å². The molecule has 4 N–H and O–H groups in total. The highest BCUT2D eigenvalue weighted by Gasteiger charge is 2.15. The Morgan fingerprint density at radius 3 is 2.86 bits per heavy atom. The van der Waals surface area contributed by atoms with Crippen LogP contribution in [0.1, 0.15) is 32.3 Å². The third-order valence-electron chi connectivity index (χ3n) is 2.90. The topological polar surface area (TPSA) is 115 Å². The molecule has 0 saturated carbocycles. The first-order valence-electron chi connectivity index (χ1n) is 6.84. The smallest absolute Gasteiger partial charge is 0.308 e. The maximum absolute atomic E-state index is 11.7. The number of anilines is 1. The maximum Gasteiger partial charge on any atom is 0.343 e. The Morgan fingerprint density at radius 1 is 1.38 bits per heavy atom. The van der Waals surface area contributed by atoms with Crippen LogP contribution >= 0.6 is 11.8 Å². The summed E-state index contributed by atoms with van der Waals surface area (Å²) in [5, 5.41) is 7.90. The van der Waals surface area contributed by atoms with Gasteiger partial charge in [-0.15, -0.1) is 5.10 Å². The number of hydrogen-bond donors (Lipinski definition) is 3. The molecule has 0 amide bonds. The van der Waals surface area contributed by atoms with Gasteiger partial charge >= 0.3 is 5.69 Å². The third kappa shape index (κ3) is 3.42. The molecular weight excluding hydrogens is 290 g/mol. The van der Waals surface area contributed by atoms with Crippen LogP contribution in [0.15, 0.2) is 21.3 Å². The Balaban J connectivity index is 2.37. The van der Waals surface area contributed by atoms with E-state index in [1.807, 2.05) is 6.92 Å². The van der Waals surface area contributed by atoms with Gasteiger partial charge in [0.1, 0.15) is 17.2 Å². The Kier molecular flexibility index (Phi) is 5.34. The van der Waals surface area contributed by atoms with E-state index in [1.165, 1.54) is 18.1 Å². The van der Waals surface area contributed by atoms with Gasteiger partial charge in [-0.1, -0.05) is 20.3 Å². The van der Waals surface area contributed by atoms with E-state index < -0.39 is 0 Å². The number of aromatic nitrogens is 5. The fraction of sp³-hybridized carbons (Fsp3) is 0.500. The normalized spacial score (nSPS) is 10.8. The molecule has 0 unspecified atom stereocenters. The fourth-order valence-electron chi connectivity index (χ4n) is 1.97. The van der Waals surface area contributed by atoms with Gasteiger partial charge < -0.3 is 5.43 Å². The van der Waals surface area contributed by atoms with Crippen LogP contribution in [0, 0.1) is 0 Å². The summed E-state index contributed by atoms with van der Waals surface area (Å²) in [4.78, 5) is 20.1. The van der Waals surface area contributed by atoms with E-state index in [2.05, 4.69) is 32.5 Å². The molecule has 0 aliphatic carbocycles. The molecule has 0 saturated heterocycles. The lowest BCUT2D eigenvalue weighted by Gasteiger charge is -2.11. The zero-order valence-corrected chi connectivity index (χ0v) is 12.9. The molecule has 0 aliphatic rings.